The largest absolute Gasteiger partial charge is 0.321 e. The maximum atomic E-state index is 12.2. The number of para-hydroxylation sites is 1. The Balaban J connectivity index is 2.30. The Labute approximate surface area is 130 Å². The van der Waals surface area contributed by atoms with Gasteiger partial charge in [0, 0.05) is 10.0 Å². The second-order valence-electron chi connectivity index (χ2n) is 4.18. The smallest absolute Gasteiger partial charge is 0.257 e. The van der Waals surface area contributed by atoms with Gasteiger partial charge in [0.1, 0.15) is 0 Å². The molecule has 0 saturated heterocycles. The molecule has 102 valence electrons. The predicted molar refractivity (Wildman–Crippen MR) is 83.6 cm³/mol. The van der Waals surface area contributed by atoms with Crippen LogP contribution in [0.15, 0.2) is 46.9 Å². The van der Waals surface area contributed by atoms with E-state index in [1.165, 1.54) is 6.92 Å². The summed E-state index contributed by atoms with van der Waals surface area (Å²) in [5.74, 6) is -0.459. The molecule has 1 N–H and O–H groups in total. The summed E-state index contributed by atoms with van der Waals surface area (Å²) in [4.78, 5) is 23.7. The first-order valence-electron chi connectivity index (χ1n) is 5.85. The molecule has 1 amide bonds. The number of rotatable bonds is 3. The molecule has 0 aliphatic carbocycles. The van der Waals surface area contributed by atoms with Crippen molar-refractivity contribution in [3.63, 3.8) is 0 Å². The predicted octanol–water partition coefficient (Wildman–Crippen LogP) is 4.56. The number of nitrogens with one attached hydrogen (secondary N) is 1. The summed E-state index contributed by atoms with van der Waals surface area (Å²) in [7, 11) is 0. The van der Waals surface area contributed by atoms with Crippen LogP contribution in [0.2, 0.25) is 5.02 Å². The lowest BCUT2D eigenvalue weighted by Gasteiger charge is -2.10. The maximum absolute atomic E-state index is 12.2. The number of Topliss-reactive ketones (excluding diaryl/α,β-unsaturated/α-hetero) is 1. The van der Waals surface area contributed by atoms with Gasteiger partial charge in [-0.2, -0.15) is 0 Å². The van der Waals surface area contributed by atoms with E-state index in [9.17, 15) is 9.59 Å². The van der Waals surface area contributed by atoms with E-state index in [4.69, 9.17) is 11.6 Å². The molecular weight excluding hydrogens is 342 g/mol. The lowest BCUT2D eigenvalue weighted by Crippen LogP contribution is -2.14. The molecule has 0 aliphatic heterocycles. The molecule has 0 saturated carbocycles. The number of benzene rings is 2. The summed E-state index contributed by atoms with van der Waals surface area (Å²) < 4.78 is 0.795. The van der Waals surface area contributed by atoms with E-state index in [1.807, 2.05) is 0 Å². The minimum Gasteiger partial charge on any atom is -0.321 e. The molecular formula is C15H11BrClNO2. The number of hydrogen-bond donors (Lipinski definition) is 1. The molecule has 0 atom stereocenters. The number of halogens is 2. The average molecular weight is 353 g/mol. The molecule has 0 unspecified atom stereocenters. The van der Waals surface area contributed by atoms with E-state index in [0.717, 1.165) is 4.47 Å². The Hall–Kier alpha value is -1.65. The fraction of sp³-hybridized carbons (Fsp3) is 0.0667. The van der Waals surface area contributed by atoms with Crippen molar-refractivity contribution in [3.05, 3.63) is 63.1 Å². The van der Waals surface area contributed by atoms with Gasteiger partial charge in [0.25, 0.3) is 5.91 Å². The van der Waals surface area contributed by atoms with Crippen LogP contribution in [-0.4, -0.2) is 11.7 Å². The number of anilines is 1. The van der Waals surface area contributed by atoms with Crippen molar-refractivity contribution in [1.29, 1.82) is 0 Å². The van der Waals surface area contributed by atoms with Crippen molar-refractivity contribution in [3.8, 4) is 0 Å². The highest BCUT2D eigenvalue weighted by atomic mass is 79.9. The third-order valence-corrected chi connectivity index (χ3v) is 3.54. The topological polar surface area (TPSA) is 46.2 Å². The quantitative estimate of drug-likeness (QED) is 0.823. The Bertz CT molecular complexity index is 685. The molecule has 2 rings (SSSR count). The van der Waals surface area contributed by atoms with Gasteiger partial charge in [-0.1, -0.05) is 39.7 Å². The Kier molecular flexibility index (Phi) is 4.57. The summed E-state index contributed by atoms with van der Waals surface area (Å²) >= 11 is 9.32. The van der Waals surface area contributed by atoms with Gasteiger partial charge in [-0.25, -0.2) is 0 Å². The Morgan fingerprint density at radius 3 is 2.45 bits per heavy atom. The van der Waals surface area contributed by atoms with Crippen LogP contribution in [0.25, 0.3) is 0 Å². The normalized spacial score (nSPS) is 10.2. The second-order valence-corrected chi connectivity index (χ2v) is 5.50. The zero-order valence-corrected chi connectivity index (χ0v) is 13.0. The molecule has 0 heterocycles. The van der Waals surface area contributed by atoms with Gasteiger partial charge < -0.3 is 5.32 Å². The van der Waals surface area contributed by atoms with E-state index >= 15 is 0 Å². The Morgan fingerprint density at radius 2 is 1.80 bits per heavy atom. The van der Waals surface area contributed by atoms with Crippen LogP contribution in [0.1, 0.15) is 27.6 Å². The van der Waals surface area contributed by atoms with Crippen LogP contribution in [0.3, 0.4) is 0 Å². The van der Waals surface area contributed by atoms with Gasteiger partial charge in [-0.15, -0.1) is 0 Å². The van der Waals surface area contributed by atoms with Crippen molar-refractivity contribution < 1.29 is 9.59 Å². The summed E-state index contributed by atoms with van der Waals surface area (Å²) in [6.07, 6.45) is 0. The fourth-order valence-corrected chi connectivity index (χ4v) is 2.52. The van der Waals surface area contributed by atoms with Crippen molar-refractivity contribution in [2.24, 2.45) is 0 Å². The third kappa shape index (κ3) is 3.26. The first kappa shape index (κ1) is 14.8. The fourth-order valence-electron chi connectivity index (χ4n) is 1.76. The zero-order chi connectivity index (χ0) is 14.7. The van der Waals surface area contributed by atoms with Crippen molar-refractivity contribution >= 4 is 44.9 Å². The van der Waals surface area contributed by atoms with E-state index in [1.54, 1.807) is 42.5 Å². The van der Waals surface area contributed by atoms with Crippen LogP contribution in [-0.2, 0) is 0 Å². The molecule has 0 aliphatic rings. The number of hydrogen-bond acceptors (Lipinski definition) is 2. The van der Waals surface area contributed by atoms with Crippen molar-refractivity contribution in [2.75, 3.05) is 5.32 Å². The van der Waals surface area contributed by atoms with Crippen LogP contribution in [0.4, 0.5) is 5.69 Å². The van der Waals surface area contributed by atoms with Crippen LogP contribution >= 0.6 is 27.5 Å². The highest BCUT2D eigenvalue weighted by Crippen LogP contribution is 2.23. The van der Waals surface area contributed by atoms with Gasteiger partial charge in [0.05, 0.1) is 16.3 Å². The highest BCUT2D eigenvalue weighted by molar-refractivity contribution is 9.10. The Morgan fingerprint density at radius 1 is 1.10 bits per heavy atom. The van der Waals surface area contributed by atoms with Gasteiger partial charge in [-0.3, -0.25) is 9.59 Å². The average Bonchev–Trinajstić information content (AvgIpc) is 2.38. The van der Waals surface area contributed by atoms with E-state index in [2.05, 4.69) is 21.2 Å². The molecule has 2 aromatic carbocycles. The van der Waals surface area contributed by atoms with Gasteiger partial charge >= 0.3 is 0 Å². The van der Waals surface area contributed by atoms with Gasteiger partial charge in [-0.05, 0) is 37.3 Å². The lowest BCUT2D eigenvalue weighted by molar-refractivity contribution is 0.101. The summed E-state index contributed by atoms with van der Waals surface area (Å²) in [6.45, 7) is 1.46. The van der Waals surface area contributed by atoms with E-state index in [0.29, 0.717) is 21.8 Å². The van der Waals surface area contributed by atoms with Crippen LogP contribution in [0, 0.1) is 0 Å². The molecule has 0 aromatic heterocycles. The lowest BCUT2D eigenvalue weighted by atomic mass is 10.1. The van der Waals surface area contributed by atoms with E-state index < -0.39 is 0 Å². The molecule has 3 nitrogen and oxygen atoms in total. The molecule has 0 fully saturated rings. The molecule has 0 bridgehead atoms. The van der Waals surface area contributed by atoms with Crippen molar-refractivity contribution in [1.82, 2.24) is 0 Å². The van der Waals surface area contributed by atoms with E-state index in [-0.39, 0.29) is 11.7 Å². The molecule has 0 radical (unpaired) electrons. The van der Waals surface area contributed by atoms with Crippen LogP contribution in [0.5, 0.6) is 0 Å². The number of ketones is 1. The standard InChI is InChI=1S/C15H11BrClNO2/c1-9(19)11-4-2-3-5-14(11)18-15(20)12-7-6-10(16)8-13(12)17/h2-8H,1H3,(H,18,20). The number of carbonyl (C=O) groups excluding carboxylic acids is 2. The van der Waals surface area contributed by atoms with Crippen molar-refractivity contribution in [2.45, 2.75) is 6.92 Å². The zero-order valence-electron chi connectivity index (χ0n) is 10.6. The summed E-state index contributed by atoms with van der Waals surface area (Å²) in [5, 5.41) is 3.05. The summed E-state index contributed by atoms with van der Waals surface area (Å²) in [6, 6.07) is 11.9. The first-order chi connectivity index (χ1) is 9.49. The SMILES string of the molecule is CC(=O)c1ccccc1NC(=O)c1ccc(Br)cc1Cl. The molecule has 20 heavy (non-hydrogen) atoms. The monoisotopic (exact) mass is 351 g/mol. The first-order valence-corrected chi connectivity index (χ1v) is 7.02. The number of carbonyl (C=O) groups is 2. The summed E-state index contributed by atoms with van der Waals surface area (Å²) in [5.41, 5.74) is 1.30. The van der Waals surface area contributed by atoms with Gasteiger partial charge in [0.15, 0.2) is 5.78 Å². The van der Waals surface area contributed by atoms with Gasteiger partial charge in [0.2, 0.25) is 0 Å². The maximum Gasteiger partial charge on any atom is 0.257 e. The second kappa shape index (κ2) is 6.20. The molecule has 5 heteroatoms. The van der Waals surface area contributed by atoms with Crippen LogP contribution < -0.4 is 5.32 Å². The minimum atomic E-state index is -0.351. The minimum absolute atomic E-state index is 0.109. The highest BCUT2D eigenvalue weighted by Gasteiger charge is 2.13. The number of amides is 1. The third-order valence-electron chi connectivity index (χ3n) is 2.73. The molecule has 2 aromatic rings. The molecule has 0 spiro atoms.